The first-order chi connectivity index (χ1) is 42.1. The molecule has 19 heteroatoms. The van der Waals surface area contributed by atoms with Crippen molar-refractivity contribution < 1.29 is 80.2 Å². The summed E-state index contributed by atoms with van der Waals surface area (Å²) in [4.78, 5) is 72.4. The Morgan fingerprint density at radius 1 is 0.322 bits per heavy atom. The summed E-state index contributed by atoms with van der Waals surface area (Å²) in [5, 5.41) is 10.6. The molecule has 0 radical (unpaired) electrons. The average molecular weight is 1280 g/mol. The van der Waals surface area contributed by atoms with Gasteiger partial charge < -0.3 is 33.8 Å². The Bertz CT molecular complexity index is 1690. The van der Waals surface area contributed by atoms with E-state index in [0.29, 0.717) is 25.7 Å². The van der Waals surface area contributed by atoms with Gasteiger partial charge in [-0.25, -0.2) is 9.13 Å². The molecule has 0 saturated carbocycles. The molecule has 0 aromatic rings. The van der Waals surface area contributed by atoms with Crippen LogP contribution in [0.3, 0.4) is 0 Å². The second-order valence-electron chi connectivity index (χ2n) is 24.8. The number of aliphatic hydroxyl groups is 1. The van der Waals surface area contributed by atoms with Crippen molar-refractivity contribution >= 4 is 39.5 Å². The predicted octanol–water partition coefficient (Wildman–Crippen LogP) is 19.4. The van der Waals surface area contributed by atoms with Crippen molar-refractivity contribution in [2.45, 2.75) is 368 Å². The molecule has 516 valence electrons. The molecule has 3 N–H and O–H groups in total. The second kappa shape index (κ2) is 61.6. The van der Waals surface area contributed by atoms with Crippen molar-refractivity contribution in [3.05, 3.63) is 0 Å². The number of carbonyl (C=O) groups is 4. The molecular formula is C68H132O17P2. The van der Waals surface area contributed by atoms with Gasteiger partial charge in [-0.05, 0) is 31.6 Å². The number of hydrogen-bond donors (Lipinski definition) is 3. The van der Waals surface area contributed by atoms with E-state index in [4.69, 9.17) is 37.0 Å². The molecule has 3 unspecified atom stereocenters. The van der Waals surface area contributed by atoms with Gasteiger partial charge in [0.15, 0.2) is 12.2 Å². The van der Waals surface area contributed by atoms with E-state index in [0.717, 1.165) is 95.8 Å². The highest BCUT2D eigenvalue weighted by molar-refractivity contribution is 7.47. The molecule has 0 spiro atoms. The fourth-order valence-corrected chi connectivity index (χ4v) is 11.8. The predicted molar refractivity (Wildman–Crippen MR) is 349 cm³/mol. The standard InChI is InChI=1S/C68H132O17P2/c1-6-10-13-16-19-22-24-25-26-27-29-32-39-44-49-54-68(73)85-64(58-79-66(71)52-47-42-37-34-33-35-40-45-50-61(5)9-4)60-83-87(76,77)81-56-62(69)55-80-86(74,75)82-59-63(57-78-65(70)51-46-41-36-30-21-18-15-12-8-3)84-67(72)53-48-43-38-31-28-23-20-17-14-11-7-2/h61-64,69H,6-60H2,1-5H3,(H,74,75)(H,76,77)/t61?,62-,63+,64+/m0/s1. The molecule has 0 saturated heterocycles. The van der Waals surface area contributed by atoms with E-state index >= 15 is 0 Å². The lowest BCUT2D eigenvalue weighted by molar-refractivity contribution is -0.161. The van der Waals surface area contributed by atoms with E-state index in [9.17, 15) is 43.2 Å². The fraction of sp³-hybridized carbons (Fsp3) is 0.941. The first-order valence-electron chi connectivity index (χ1n) is 35.7. The van der Waals surface area contributed by atoms with Crippen LogP contribution < -0.4 is 0 Å². The zero-order chi connectivity index (χ0) is 64.2. The summed E-state index contributed by atoms with van der Waals surface area (Å²) in [6.07, 6.45) is 47.0. The zero-order valence-electron chi connectivity index (χ0n) is 56.2. The largest absolute Gasteiger partial charge is 0.472 e. The Kier molecular flexibility index (Phi) is 60.2. The van der Waals surface area contributed by atoms with Crippen LogP contribution >= 0.6 is 15.6 Å². The maximum Gasteiger partial charge on any atom is 0.472 e. The van der Waals surface area contributed by atoms with E-state index in [-0.39, 0.29) is 25.7 Å². The molecule has 0 heterocycles. The molecule has 0 bridgehead atoms. The summed E-state index contributed by atoms with van der Waals surface area (Å²) >= 11 is 0. The Morgan fingerprint density at radius 2 is 0.552 bits per heavy atom. The third kappa shape index (κ3) is 61.3. The first-order valence-corrected chi connectivity index (χ1v) is 38.7. The van der Waals surface area contributed by atoms with Gasteiger partial charge in [0.05, 0.1) is 26.4 Å². The maximum atomic E-state index is 13.0. The van der Waals surface area contributed by atoms with Gasteiger partial charge in [-0.1, -0.05) is 298 Å². The van der Waals surface area contributed by atoms with Crippen molar-refractivity contribution in [2.24, 2.45) is 5.92 Å². The molecule has 0 amide bonds. The third-order valence-electron chi connectivity index (χ3n) is 16.1. The molecule has 0 aliphatic carbocycles. The molecule has 0 aromatic carbocycles. The minimum Gasteiger partial charge on any atom is -0.462 e. The van der Waals surface area contributed by atoms with Crippen LogP contribution in [0.25, 0.3) is 0 Å². The van der Waals surface area contributed by atoms with Gasteiger partial charge in [0, 0.05) is 25.7 Å². The normalized spacial score (nSPS) is 14.4. The SMILES string of the molecule is CCCCCCCCCCCCCCCCCC(=O)O[C@H](COC(=O)CCCCCCCCCCC(C)CC)COP(=O)(O)OC[C@@H](O)COP(=O)(O)OC[C@@H](COC(=O)CCCCCCCCCCC)OC(=O)CCCCCCCCCCCCC. The average Bonchev–Trinajstić information content (AvgIpc) is 3.69. The number of aliphatic hydroxyl groups excluding tert-OH is 1. The van der Waals surface area contributed by atoms with E-state index in [1.165, 1.54) is 173 Å². The van der Waals surface area contributed by atoms with Gasteiger partial charge in [0.25, 0.3) is 0 Å². The van der Waals surface area contributed by atoms with Gasteiger partial charge in [0.2, 0.25) is 0 Å². The number of ether oxygens (including phenoxy) is 4. The third-order valence-corrected chi connectivity index (χ3v) is 18.0. The molecule has 0 aliphatic rings. The lowest BCUT2D eigenvalue weighted by atomic mass is 9.99. The summed E-state index contributed by atoms with van der Waals surface area (Å²) in [5.74, 6) is -1.35. The number of unbranched alkanes of at least 4 members (excludes halogenated alkanes) is 39. The highest BCUT2D eigenvalue weighted by Gasteiger charge is 2.30. The van der Waals surface area contributed by atoms with Crippen molar-refractivity contribution in [3.8, 4) is 0 Å². The molecule has 6 atom stereocenters. The van der Waals surface area contributed by atoms with Crippen molar-refractivity contribution in [2.75, 3.05) is 39.6 Å². The Balaban J connectivity index is 5.24. The Hall–Kier alpha value is -1.94. The van der Waals surface area contributed by atoms with E-state index in [1.54, 1.807) is 0 Å². The molecule has 87 heavy (non-hydrogen) atoms. The maximum absolute atomic E-state index is 13.0. The monoisotopic (exact) mass is 1280 g/mol. The van der Waals surface area contributed by atoms with Crippen LogP contribution in [-0.2, 0) is 65.4 Å². The van der Waals surface area contributed by atoms with Gasteiger partial charge in [0.1, 0.15) is 19.3 Å². The minimum absolute atomic E-state index is 0.107. The molecule has 0 fully saturated rings. The summed E-state index contributed by atoms with van der Waals surface area (Å²) in [6.45, 7) is 7.22. The lowest BCUT2D eigenvalue weighted by Gasteiger charge is -2.21. The second-order valence-corrected chi connectivity index (χ2v) is 27.7. The number of rotatable bonds is 68. The van der Waals surface area contributed by atoms with Crippen LogP contribution in [0.15, 0.2) is 0 Å². The van der Waals surface area contributed by atoms with Crippen LogP contribution in [0.4, 0.5) is 0 Å². The van der Waals surface area contributed by atoms with Crippen LogP contribution in [0.1, 0.15) is 349 Å². The number of esters is 4. The quantitative estimate of drug-likeness (QED) is 0.0222. The van der Waals surface area contributed by atoms with Gasteiger partial charge >= 0.3 is 39.5 Å². The van der Waals surface area contributed by atoms with E-state index in [1.807, 2.05) is 0 Å². The van der Waals surface area contributed by atoms with Crippen LogP contribution in [0.2, 0.25) is 0 Å². The fourth-order valence-electron chi connectivity index (χ4n) is 10.3. The molecule has 17 nitrogen and oxygen atoms in total. The van der Waals surface area contributed by atoms with Crippen LogP contribution in [0.5, 0.6) is 0 Å². The highest BCUT2D eigenvalue weighted by Crippen LogP contribution is 2.45. The molecule has 0 aliphatic heterocycles. The van der Waals surface area contributed by atoms with Gasteiger partial charge in [-0.2, -0.15) is 0 Å². The van der Waals surface area contributed by atoms with Crippen molar-refractivity contribution in [1.29, 1.82) is 0 Å². The summed E-state index contributed by atoms with van der Waals surface area (Å²) in [7, 11) is -9.89. The lowest BCUT2D eigenvalue weighted by Crippen LogP contribution is -2.30. The topological polar surface area (TPSA) is 237 Å². The molecule has 0 rings (SSSR count). The van der Waals surface area contributed by atoms with E-state index in [2.05, 4.69) is 34.6 Å². The smallest absolute Gasteiger partial charge is 0.462 e. The van der Waals surface area contributed by atoms with Crippen molar-refractivity contribution in [1.82, 2.24) is 0 Å². The van der Waals surface area contributed by atoms with Gasteiger partial charge in [-0.3, -0.25) is 37.3 Å². The van der Waals surface area contributed by atoms with Gasteiger partial charge in [-0.15, -0.1) is 0 Å². The number of carbonyl (C=O) groups excluding carboxylic acids is 4. The number of hydrogen-bond acceptors (Lipinski definition) is 15. The number of phosphoric acid groups is 2. The highest BCUT2D eigenvalue weighted by atomic mass is 31.2. The Labute approximate surface area is 530 Å². The minimum atomic E-state index is -4.95. The van der Waals surface area contributed by atoms with Crippen LogP contribution in [-0.4, -0.2) is 96.7 Å². The molecule has 0 aromatic heterocycles. The summed E-state index contributed by atoms with van der Waals surface area (Å²) < 4.78 is 68.2. The summed E-state index contributed by atoms with van der Waals surface area (Å²) in [6, 6.07) is 0. The van der Waals surface area contributed by atoms with Crippen molar-refractivity contribution in [3.63, 3.8) is 0 Å². The molecular weight excluding hydrogens is 1150 g/mol. The zero-order valence-corrected chi connectivity index (χ0v) is 57.9. The Morgan fingerprint density at radius 3 is 0.816 bits per heavy atom. The van der Waals surface area contributed by atoms with Crippen LogP contribution in [0, 0.1) is 5.92 Å². The summed E-state index contributed by atoms with van der Waals surface area (Å²) in [5.41, 5.74) is 0. The number of phosphoric ester groups is 2. The van der Waals surface area contributed by atoms with E-state index < -0.39 is 97.5 Å². The first kappa shape index (κ1) is 85.1.